The van der Waals surface area contributed by atoms with Gasteiger partial charge in [-0.05, 0) is 26.0 Å². The van der Waals surface area contributed by atoms with E-state index in [0.717, 1.165) is 0 Å². The minimum absolute atomic E-state index is 1.24. The maximum atomic E-state index is 2.39. The molecule has 21 heavy (non-hydrogen) atoms. The highest BCUT2D eigenvalue weighted by Gasteiger charge is 2.14. The van der Waals surface area contributed by atoms with Gasteiger partial charge in [0, 0.05) is 5.75 Å². The monoisotopic (exact) mass is 316 g/mol. The van der Waals surface area contributed by atoms with Gasteiger partial charge in [0.2, 0.25) is 0 Å². The second-order valence-electron chi connectivity index (χ2n) is 6.77. The van der Waals surface area contributed by atoms with Gasteiger partial charge in [0.25, 0.3) is 0 Å². The van der Waals surface area contributed by atoms with Crippen LogP contribution in [0.2, 0.25) is 0 Å². The quantitative estimate of drug-likeness (QED) is 0.244. The molecule has 0 heterocycles. The lowest BCUT2D eigenvalue weighted by molar-refractivity contribution is -0.903. The fourth-order valence-corrected chi connectivity index (χ4v) is 3.80. The van der Waals surface area contributed by atoms with Crippen LogP contribution in [-0.4, -0.2) is 42.7 Å². The minimum Gasteiger partial charge on any atom is -0.326 e. The lowest BCUT2D eigenvalue weighted by Gasteiger charge is -2.31. The van der Waals surface area contributed by atoms with Gasteiger partial charge in [-0.2, -0.15) is 11.8 Å². The molecule has 2 heteroatoms. The summed E-state index contributed by atoms with van der Waals surface area (Å²) in [7, 11) is 2.39. The molecule has 0 saturated carbocycles. The third-order valence-corrected chi connectivity index (χ3v) is 5.99. The molecular formula is C19H42NS+. The lowest BCUT2D eigenvalue weighted by atomic mass is 10.1. The second kappa shape index (κ2) is 15.2. The number of rotatable bonds is 16. The summed E-state index contributed by atoms with van der Waals surface area (Å²) in [5, 5.41) is 0. The number of thioether (sulfide) groups is 1. The highest BCUT2D eigenvalue weighted by Crippen LogP contribution is 2.13. The van der Waals surface area contributed by atoms with Crippen LogP contribution in [0.25, 0.3) is 0 Å². The van der Waals surface area contributed by atoms with Crippen molar-refractivity contribution >= 4 is 11.8 Å². The van der Waals surface area contributed by atoms with Gasteiger partial charge in [-0.15, -0.1) is 0 Å². The SMILES string of the molecule is CCCCCCCCCCCCSCC[N+](C)(CC)CC. The van der Waals surface area contributed by atoms with Crippen LogP contribution in [0.4, 0.5) is 0 Å². The summed E-state index contributed by atoms with van der Waals surface area (Å²) in [4.78, 5) is 0. The van der Waals surface area contributed by atoms with Crippen molar-refractivity contribution in [2.75, 3.05) is 38.2 Å². The molecule has 0 spiro atoms. The maximum Gasteiger partial charge on any atom is 0.0876 e. The van der Waals surface area contributed by atoms with Gasteiger partial charge < -0.3 is 4.48 Å². The topological polar surface area (TPSA) is 0 Å². The Morgan fingerprint density at radius 1 is 0.619 bits per heavy atom. The van der Waals surface area contributed by atoms with Gasteiger partial charge in [0.1, 0.15) is 0 Å². The summed E-state index contributed by atoms with van der Waals surface area (Å²) in [6.45, 7) is 10.8. The Morgan fingerprint density at radius 3 is 1.57 bits per heavy atom. The van der Waals surface area contributed by atoms with Gasteiger partial charge in [0.05, 0.1) is 26.7 Å². The van der Waals surface area contributed by atoms with Crippen molar-refractivity contribution in [2.24, 2.45) is 0 Å². The standard InChI is InChI=1S/C19H42NS/c1-5-8-9-10-11-12-13-14-15-16-18-21-19-17-20(4,6-2)7-3/h5-19H2,1-4H3/q+1. The van der Waals surface area contributed by atoms with Gasteiger partial charge >= 0.3 is 0 Å². The van der Waals surface area contributed by atoms with E-state index < -0.39 is 0 Å². The van der Waals surface area contributed by atoms with E-state index in [-0.39, 0.29) is 0 Å². The van der Waals surface area contributed by atoms with Crippen LogP contribution >= 0.6 is 11.8 Å². The van der Waals surface area contributed by atoms with Crippen LogP contribution in [0.15, 0.2) is 0 Å². The van der Waals surface area contributed by atoms with Crippen molar-refractivity contribution in [3.63, 3.8) is 0 Å². The highest BCUT2D eigenvalue weighted by molar-refractivity contribution is 7.99. The molecule has 0 aromatic carbocycles. The summed E-state index contributed by atoms with van der Waals surface area (Å²) >= 11 is 2.17. The molecule has 0 rings (SSSR count). The van der Waals surface area contributed by atoms with E-state index in [1.165, 1.54) is 99.8 Å². The van der Waals surface area contributed by atoms with Crippen molar-refractivity contribution in [2.45, 2.75) is 85.0 Å². The van der Waals surface area contributed by atoms with Crippen LogP contribution in [0.1, 0.15) is 85.0 Å². The first-order valence-corrected chi connectivity index (χ1v) is 10.7. The first-order chi connectivity index (χ1) is 10.2. The molecule has 0 aromatic heterocycles. The van der Waals surface area contributed by atoms with E-state index in [4.69, 9.17) is 0 Å². The fraction of sp³-hybridized carbons (Fsp3) is 1.00. The van der Waals surface area contributed by atoms with Crippen molar-refractivity contribution in [3.8, 4) is 0 Å². The van der Waals surface area contributed by atoms with E-state index in [0.29, 0.717) is 0 Å². The van der Waals surface area contributed by atoms with Crippen LogP contribution < -0.4 is 0 Å². The molecule has 0 aliphatic carbocycles. The maximum absolute atomic E-state index is 2.39. The smallest absolute Gasteiger partial charge is 0.0876 e. The average Bonchev–Trinajstić information content (AvgIpc) is 2.51. The Balaban J connectivity index is 3.16. The van der Waals surface area contributed by atoms with Crippen molar-refractivity contribution < 1.29 is 4.48 Å². The minimum atomic E-state index is 1.24. The van der Waals surface area contributed by atoms with E-state index in [9.17, 15) is 0 Å². The average molecular weight is 317 g/mol. The number of quaternary nitrogens is 1. The predicted molar refractivity (Wildman–Crippen MR) is 101 cm³/mol. The van der Waals surface area contributed by atoms with Gasteiger partial charge in [-0.25, -0.2) is 0 Å². The van der Waals surface area contributed by atoms with Gasteiger partial charge in [-0.1, -0.05) is 64.7 Å². The number of hydrogen-bond donors (Lipinski definition) is 0. The number of hydrogen-bond acceptors (Lipinski definition) is 1. The van der Waals surface area contributed by atoms with E-state index in [1.54, 1.807) is 0 Å². The third-order valence-electron chi connectivity index (χ3n) is 4.94. The second-order valence-corrected chi connectivity index (χ2v) is 7.99. The summed E-state index contributed by atoms with van der Waals surface area (Å²) in [5.74, 6) is 2.72. The molecule has 0 fully saturated rings. The fourth-order valence-electron chi connectivity index (χ4n) is 2.62. The van der Waals surface area contributed by atoms with Crippen LogP contribution in [0.5, 0.6) is 0 Å². The molecule has 128 valence electrons. The largest absolute Gasteiger partial charge is 0.326 e. The summed E-state index contributed by atoms with van der Waals surface area (Å²) in [6.07, 6.45) is 14.5. The van der Waals surface area contributed by atoms with Gasteiger partial charge in [0.15, 0.2) is 0 Å². The molecular weight excluding hydrogens is 274 g/mol. The van der Waals surface area contributed by atoms with E-state index in [1.807, 2.05) is 0 Å². The molecule has 1 nitrogen and oxygen atoms in total. The molecule has 0 aliphatic rings. The first kappa shape index (κ1) is 21.3. The molecule has 0 aliphatic heterocycles. The first-order valence-electron chi connectivity index (χ1n) is 9.59. The molecule has 0 saturated heterocycles. The normalized spacial score (nSPS) is 12.0. The Kier molecular flexibility index (Phi) is 15.4. The van der Waals surface area contributed by atoms with Crippen molar-refractivity contribution in [1.82, 2.24) is 0 Å². The van der Waals surface area contributed by atoms with E-state index >= 15 is 0 Å². The molecule has 0 aromatic rings. The Morgan fingerprint density at radius 2 is 1.10 bits per heavy atom. The van der Waals surface area contributed by atoms with Gasteiger partial charge in [-0.3, -0.25) is 0 Å². The zero-order valence-corrected chi connectivity index (χ0v) is 16.3. The highest BCUT2D eigenvalue weighted by atomic mass is 32.2. The van der Waals surface area contributed by atoms with Crippen LogP contribution in [0.3, 0.4) is 0 Å². The Bertz CT molecular complexity index is 202. The Labute approximate surface area is 139 Å². The third kappa shape index (κ3) is 13.7. The number of nitrogens with zero attached hydrogens (tertiary/aromatic N) is 1. The zero-order valence-electron chi connectivity index (χ0n) is 15.5. The molecule has 0 atom stereocenters. The van der Waals surface area contributed by atoms with Crippen molar-refractivity contribution in [1.29, 1.82) is 0 Å². The zero-order chi connectivity index (χ0) is 15.8. The summed E-state index contributed by atoms with van der Waals surface area (Å²) < 4.78 is 1.24. The van der Waals surface area contributed by atoms with Crippen LogP contribution in [-0.2, 0) is 0 Å². The molecule has 0 amide bonds. The summed E-state index contributed by atoms with van der Waals surface area (Å²) in [5.41, 5.74) is 0. The predicted octanol–water partition coefficient (Wildman–Crippen LogP) is 6.13. The molecule has 0 radical (unpaired) electrons. The molecule has 0 bridgehead atoms. The Hall–Kier alpha value is 0.310. The van der Waals surface area contributed by atoms with Crippen molar-refractivity contribution in [3.05, 3.63) is 0 Å². The molecule has 0 N–H and O–H groups in total. The molecule has 0 unspecified atom stereocenters. The number of unbranched alkanes of at least 4 members (excludes halogenated alkanes) is 9. The van der Waals surface area contributed by atoms with E-state index in [2.05, 4.69) is 39.6 Å². The summed E-state index contributed by atoms with van der Waals surface area (Å²) in [6, 6.07) is 0. The van der Waals surface area contributed by atoms with Crippen LogP contribution in [0, 0.1) is 0 Å². The lowest BCUT2D eigenvalue weighted by Crippen LogP contribution is -2.45.